The highest BCUT2D eigenvalue weighted by atomic mass is 35.5. The Morgan fingerprint density at radius 3 is 3.00 bits per heavy atom. The maximum Gasteiger partial charge on any atom is 0.258 e. The number of likely N-dealkylation sites (tertiary alicyclic amines) is 1. The van der Waals surface area contributed by atoms with Gasteiger partial charge < -0.3 is 30.8 Å². The van der Waals surface area contributed by atoms with Crippen molar-refractivity contribution in [1.29, 1.82) is 5.41 Å². The first-order chi connectivity index (χ1) is 14.0. The number of carbonyl (C=O) groups excluding carboxylic acids is 1. The van der Waals surface area contributed by atoms with Crippen LogP contribution in [0.3, 0.4) is 0 Å². The van der Waals surface area contributed by atoms with E-state index in [4.69, 9.17) is 26.9 Å². The highest BCUT2D eigenvalue weighted by Crippen LogP contribution is 2.27. The number of ether oxygens (including phenoxy) is 1. The van der Waals surface area contributed by atoms with E-state index in [1.807, 2.05) is 0 Å². The van der Waals surface area contributed by atoms with Gasteiger partial charge in [0.2, 0.25) is 0 Å². The summed E-state index contributed by atoms with van der Waals surface area (Å²) in [6.45, 7) is 0.429. The molecule has 0 bridgehead atoms. The lowest BCUT2D eigenvalue weighted by Gasteiger charge is -2.17. The molecule has 4 rings (SSSR count). The van der Waals surface area contributed by atoms with Crippen molar-refractivity contribution in [2.45, 2.75) is 6.04 Å². The van der Waals surface area contributed by atoms with Crippen LogP contribution in [-0.2, 0) is 0 Å². The summed E-state index contributed by atoms with van der Waals surface area (Å²) in [5.74, 6) is -0.333. The number of benzene rings is 1. The van der Waals surface area contributed by atoms with Crippen molar-refractivity contribution in [2.24, 2.45) is 4.99 Å². The third-order valence-corrected chi connectivity index (χ3v) is 4.86. The number of nitrogens with zero attached hydrogens (tertiary/aromatic N) is 2. The van der Waals surface area contributed by atoms with Gasteiger partial charge in [-0.2, -0.15) is 0 Å². The van der Waals surface area contributed by atoms with E-state index in [2.05, 4.69) is 15.6 Å². The molecule has 0 saturated carbocycles. The minimum absolute atomic E-state index is 0.102. The highest BCUT2D eigenvalue weighted by Gasteiger charge is 2.33. The Morgan fingerprint density at radius 2 is 2.31 bits per heavy atom. The van der Waals surface area contributed by atoms with E-state index in [1.54, 1.807) is 6.20 Å². The molecule has 10 heteroatoms. The van der Waals surface area contributed by atoms with E-state index in [1.165, 1.54) is 23.2 Å². The van der Waals surface area contributed by atoms with E-state index in [9.17, 15) is 9.18 Å². The molecule has 150 valence electrons. The molecule has 8 nitrogen and oxygen atoms in total. The summed E-state index contributed by atoms with van der Waals surface area (Å²) in [6.07, 6.45) is 3.97. The van der Waals surface area contributed by atoms with Gasteiger partial charge in [0, 0.05) is 24.1 Å². The lowest BCUT2D eigenvalue weighted by atomic mass is 10.1. The number of hydrogen-bond acceptors (Lipinski definition) is 7. The molecule has 1 unspecified atom stereocenters. The number of carbonyl (C=O) groups is 1. The van der Waals surface area contributed by atoms with Crippen molar-refractivity contribution >= 4 is 29.4 Å². The van der Waals surface area contributed by atoms with E-state index in [0.29, 0.717) is 22.1 Å². The van der Waals surface area contributed by atoms with E-state index >= 15 is 0 Å². The zero-order chi connectivity index (χ0) is 20.5. The fourth-order valence-electron chi connectivity index (χ4n) is 3.05. The molecule has 2 fully saturated rings. The van der Waals surface area contributed by atoms with Gasteiger partial charge in [-0.15, -0.1) is 0 Å². The van der Waals surface area contributed by atoms with E-state index in [-0.39, 0.29) is 48.7 Å². The first-order valence-electron chi connectivity index (χ1n) is 8.76. The minimum Gasteiger partial charge on any atom is -0.514 e. The van der Waals surface area contributed by atoms with Crippen LogP contribution in [0.1, 0.15) is 10.4 Å². The standard InChI is InChI=1S/C19H17ClFN5O3/c20-10-4-23-18(24-5-10)13-6-26(7-14(13)22)19(28)12-2-1-11(21)3-17(12)29-9-16-15(8-27)25-16/h1-5,8,16,22-23,25,27H,6-7,9H2/b15-8+,18-13+,22-14?. The maximum absolute atomic E-state index is 13.7. The molecule has 1 atom stereocenters. The second kappa shape index (κ2) is 7.59. The number of rotatable bonds is 4. The summed E-state index contributed by atoms with van der Waals surface area (Å²) in [5.41, 5.74) is 1.66. The third kappa shape index (κ3) is 3.95. The highest BCUT2D eigenvalue weighted by molar-refractivity contribution is 6.39. The first-order valence-corrected chi connectivity index (χ1v) is 9.13. The molecule has 3 heterocycles. The van der Waals surface area contributed by atoms with Crippen LogP contribution in [0.2, 0.25) is 0 Å². The van der Waals surface area contributed by atoms with Crippen LogP contribution in [-0.4, -0.2) is 53.6 Å². The number of aliphatic imine (C=N–C) groups is 1. The van der Waals surface area contributed by atoms with Gasteiger partial charge in [0.05, 0.1) is 35.1 Å². The molecule has 29 heavy (non-hydrogen) atoms. The van der Waals surface area contributed by atoms with Gasteiger partial charge in [-0.3, -0.25) is 4.79 Å². The van der Waals surface area contributed by atoms with Crippen LogP contribution in [0.5, 0.6) is 5.75 Å². The average molecular weight is 418 g/mol. The largest absolute Gasteiger partial charge is 0.514 e. The molecular formula is C19H17ClFN5O3. The van der Waals surface area contributed by atoms with Crippen molar-refractivity contribution in [2.75, 3.05) is 19.7 Å². The molecule has 1 amide bonds. The van der Waals surface area contributed by atoms with Crippen molar-refractivity contribution in [1.82, 2.24) is 15.5 Å². The Morgan fingerprint density at radius 1 is 1.48 bits per heavy atom. The second-order valence-electron chi connectivity index (χ2n) is 6.63. The summed E-state index contributed by atoms with van der Waals surface area (Å²) < 4.78 is 19.3. The van der Waals surface area contributed by atoms with Crippen molar-refractivity contribution in [3.8, 4) is 5.75 Å². The molecule has 1 aromatic carbocycles. The summed E-state index contributed by atoms with van der Waals surface area (Å²) in [7, 11) is 0. The van der Waals surface area contributed by atoms with Crippen molar-refractivity contribution in [3.05, 3.63) is 64.2 Å². The Hall–Kier alpha value is -3.33. The third-order valence-electron chi connectivity index (χ3n) is 4.65. The first kappa shape index (κ1) is 19.0. The summed E-state index contributed by atoms with van der Waals surface area (Å²) >= 11 is 5.83. The molecule has 3 aliphatic rings. The number of allylic oxidation sites excluding steroid dienone is 1. The van der Waals surface area contributed by atoms with E-state index in [0.717, 1.165) is 12.3 Å². The van der Waals surface area contributed by atoms with Crippen molar-refractivity contribution in [3.63, 3.8) is 0 Å². The topological polar surface area (TPSA) is 120 Å². The summed E-state index contributed by atoms with van der Waals surface area (Å²) in [4.78, 5) is 18.7. The van der Waals surface area contributed by atoms with Crippen LogP contribution < -0.4 is 15.4 Å². The van der Waals surface area contributed by atoms with Gasteiger partial charge in [-0.1, -0.05) is 11.6 Å². The lowest BCUT2D eigenvalue weighted by molar-refractivity contribution is 0.0799. The number of halogens is 2. The van der Waals surface area contributed by atoms with Crippen molar-refractivity contribution < 1.29 is 19.0 Å². The predicted octanol–water partition coefficient (Wildman–Crippen LogP) is 2.02. The number of aliphatic hydroxyl groups is 1. The normalized spacial score (nSPS) is 24.3. The molecule has 2 saturated heterocycles. The number of amides is 1. The van der Waals surface area contributed by atoms with Gasteiger partial charge in [-0.05, 0) is 12.1 Å². The fourth-order valence-corrected chi connectivity index (χ4v) is 3.15. The molecule has 1 aromatic rings. The van der Waals surface area contributed by atoms with Crippen LogP contribution in [0.25, 0.3) is 0 Å². The van der Waals surface area contributed by atoms with Gasteiger partial charge >= 0.3 is 0 Å². The smallest absolute Gasteiger partial charge is 0.258 e. The molecule has 0 radical (unpaired) electrons. The van der Waals surface area contributed by atoms with Gasteiger partial charge in [0.25, 0.3) is 5.91 Å². The monoisotopic (exact) mass is 417 g/mol. The Balaban J connectivity index is 1.52. The quantitative estimate of drug-likeness (QED) is 0.441. The number of aliphatic hydroxyl groups excluding tert-OH is 1. The summed E-state index contributed by atoms with van der Waals surface area (Å²) in [6, 6.07) is 3.54. The average Bonchev–Trinajstić information content (AvgIpc) is 3.38. The number of hydrogen-bond donors (Lipinski definition) is 4. The molecule has 4 N–H and O–H groups in total. The fraction of sp³-hybridized carbons (Fsp3) is 0.211. The molecular weight excluding hydrogens is 401 g/mol. The van der Waals surface area contributed by atoms with Crippen LogP contribution in [0.4, 0.5) is 4.39 Å². The van der Waals surface area contributed by atoms with Gasteiger partial charge in [0.15, 0.2) is 0 Å². The Bertz CT molecular complexity index is 1020. The number of nitrogens with one attached hydrogen (secondary N) is 3. The lowest BCUT2D eigenvalue weighted by Crippen LogP contribution is -2.29. The van der Waals surface area contributed by atoms with Gasteiger partial charge in [0.1, 0.15) is 36.3 Å². The zero-order valence-corrected chi connectivity index (χ0v) is 15.8. The second-order valence-corrected chi connectivity index (χ2v) is 7.07. The zero-order valence-electron chi connectivity index (χ0n) is 15.1. The molecule has 0 aliphatic carbocycles. The van der Waals surface area contributed by atoms with E-state index < -0.39 is 5.82 Å². The Kier molecular flexibility index (Phi) is 4.98. The molecule has 3 aliphatic heterocycles. The maximum atomic E-state index is 13.7. The van der Waals surface area contributed by atoms with Crippen LogP contribution >= 0.6 is 11.6 Å². The molecule has 0 aromatic heterocycles. The predicted molar refractivity (Wildman–Crippen MR) is 106 cm³/mol. The van der Waals surface area contributed by atoms with Crippen LogP contribution in [0.15, 0.2) is 57.8 Å². The SMILES string of the molecule is N=C1CN(C(=O)c2ccc(F)cc2OCC2N/C2=C/O)C/C1=C1\N=CC(Cl)=CN1. The minimum atomic E-state index is -0.528. The van der Waals surface area contributed by atoms with Gasteiger partial charge in [-0.25, -0.2) is 9.38 Å². The molecule has 0 spiro atoms. The van der Waals surface area contributed by atoms with Crippen LogP contribution in [0, 0.1) is 11.2 Å². The Labute approximate surface area is 170 Å². The summed E-state index contributed by atoms with van der Waals surface area (Å²) in [5, 5.41) is 23.4.